The van der Waals surface area contributed by atoms with Crippen LogP contribution in [0.15, 0.2) is 0 Å². The third kappa shape index (κ3) is 11.0. The number of thiocarbonyl (C=S) groups is 1. The number of rotatable bonds is 10. The standard InChI is InChI=1S/C13H29N3S2.K/c1-5-14(6-2)9-11-16(13(17)18)12-10-15(7-3)8-4;/h5-12H2,1-4H3,(H,17,18);/q;+1/p-1. The fourth-order valence-electron chi connectivity index (χ4n) is 1.90. The normalized spacial score (nSPS) is 10.6. The summed E-state index contributed by atoms with van der Waals surface area (Å²) < 4.78 is 0.606. The summed E-state index contributed by atoms with van der Waals surface area (Å²) in [5.74, 6) is 0. The van der Waals surface area contributed by atoms with Gasteiger partial charge in [0.1, 0.15) is 0 Å². The molecule has 0 aliphatic rings. The predicted molar refractivity (Wildman–Crippen MR) is 87.1 cm³/mol. The van der Waals surface area contributed by atoms with E-state index in [1.54, 1.807) is 0 Å². The van der Waals surface area contributed by atoms with E-state index in [1.165, 1.54) is 0 Å². The van der Waals surface area contributed by atoms with Gasteiger partial charge in [0.2, 0.25) is 0 Å². The monoisotopic (exact) mass is 329 g/mol. The van der Waals surface area contributed by atoms with Gasteiger partial charge >= 0.3 is 51.4 Å². The summed E-state index contributed by atoms with van der Waals surface area (Å²) in [5.41, 5.74) is 0. The second kappa shape index (κ2) is 14.6. The molecule has 0 heterocycles. The van der Waals surface area contributed by atoms with Gasteiger partial charge in [-0.15, -0.1) is 0 Å². The van der Waals surface area contributed by atoms with E-state index in [1.807, 2.05) is 0 Å². The summed E-state index contributed by atoms with van der Waals surface area (Å²) in [6, 6.07) is 0. The summed E-state index contributed by atoms with van der Waals surface area (Å²) in [4.78, 5) is 6.96. The fraction of sp³-hybridized carbons (Fsp3) is 0.923. The van der Waals surface area contributed by atoms with Crippen molar-refractivity contribution in [2.75, 3.05) is 52.4 Å². The van der Waals surface area contributed by atoms with E-state index >= 15 is 0 Å². The van der Waals surface area contributed by atoms with Gasteiger partial charge in [-0.1, -0.05) is 32.0 Å². The number of likely N-dealkylation sites (N-methyl/N-ethyl adjacent to an activating group) is 2. The minimum Gasteiger partial charge on any atom is -0.411 e. The van der Waals surface area contributed by atoms with Crippen LogP contribution in [-0.2, 0) is 12.6 Å². The van der Waals surface area contributed by atoms with Gasteiger partial charge in [0.05, 0.1) is 0 Å². The Balaban J connectivity index is 0. The zero-order valence-electron chi connectivity index (χ0n) is 13.3. The Morgan fingerprint density at radius 3 is 1.32 bits per heavy atom. The quantitative estimate of drug-likeness (QED) is 0.282. The van der Waals surface area contributed by atoms with Crippen LogP contribution >= 0.6 is 12.2 Å². The molecular weight excluding hydrogens is 301 g/mol. The maximum Gasteiger partial charge on any atom is 1.00 e. The van der Waals surface area contributed by atoms with Crippen molar-refractivity contribution in [3.8, 4) is 0 Å². The van der Waals surface area contributed by atoms with Crippen LogP contribution in [0.4, 0.5) is 0 Å². The molecule has 0 bridgehead atoms. The molecule has 0 aromatic rings. The zero-order chi connectivity index (χ0) is 14.0. The van der Waals surface area contributed by atoms with Crippen LogP contribution in [-0.4, -0.2) is 71.4 Å². The minimum atomic E-state index is 0. The van der Waals surface area contributed by atoms with Crippen LogP contribution in [0.5, 0.6) is 0 Å². The summed E-state index contributed by atoms with van der Waals surface area (Å²) in [5, 5.41) is 0. The second-order valence-corrected chi connectivity index (χ2v) is 5.34. The van der Waals surface area contributed by atoms with Crippen LogP contribution in [0.1, 0.15) is 27.7 Å². The van der Waals surface area contributed by atoms with Crippen LogP contribution in [0.3, 0.4) is 0 Å². The molecule has 0 saturated heterocycles. The zero-order valence-corrected chi connectivity index (χ0v) is 18.1. The second-order valence-electron chi connectivity index (χ2n) is 4.31. The van der Waals surface area contributed by atoms with Gasteiger partial charge in [-0.3, -0.25) is 0 Å². The molecule has 0 radical (unpaired) electrons. The SMILES string of the molecule is CCN(CC)CCN(CCN(CC)CC)C(=S)[S-].[K+]. The van der Waals surface area contributed by atoms with Crippen molar-refractivity contribution < 1.29 is 51.4 Å². The van der Waals surface area contributed by atoms with E-state index in [-0.39, 0.29) is 51.4 Å². The maximum atomic E-state index is 5.17. The smallest absolute Gasteiger partial charge is 0.411 e. The van der Waals surface area contributed by atoms with E-state index < -0.39 is 0 Å². The van der Waals surface area contributed by atoms with Crippen molar-refractivity contribution in [2.24, 2.45) is 0 Å². The van der Waals surface area contributed by atoms with E-state index in [2.05, 4.69) is 42.4 Å². The van der Waals surface area contributed by atoms with Crippen LogP contribution in [0.25, 0.3) is 0 Å². The number of hydrogen-bond acceptors (Lipinski definition) is 4. The first-order valence-corrected chi connectivity index (χ1v) is 7.81. The molecular formula is C13H28KN3S2. The van der Waals surface area contributed by atoms with Gasteiger partial charge in [0.15, 0.2) is 0 Å². The first-order valence-electron chi connectivity index (χ1n) is 6.99. The van der Waals surface area contributed by atoms with Gasteiger partial charge in [-0.2, -0.15) is 0 Å². The Hall–Kier alpha value is 1.67. The Bertz CT molecular complexity index is 206. The first-order chi connectivity index (χ1) is 8.58. The van der Waals surface area contributed by atoms with Gasteiger partial charge in [-0.25, -0.2) is 0 Å². The van der Waals surface area contributed by atoms with Gasteiger partial charge in [-0.05, 0) is 26.2 Å². The molecule has 6 heteroatoms. The van der Waals surface area contributed by atoms with Crippen molar-refractivity contribution in [1.82, 2.24) is 14.7 Å². The molecule has 0 aromatic carbocycles. The van der Waals surface area contributed by atoms with Crippen LogP contribution in [0.2, 0.25) is 0 Å². The summed E-state index contributed by atoms with van der Waals surface area (Å²) in [7, 11) is 0. The Kier molecular flexibility index (Phi) is 17.6. The third-order valence-electron chi connectivity index (χ3n) is 3.42. The molecule has 0 N–H and O–H groups in total. The fourth-order valence-corrected chi connectivity index (χ4v) is 2.26. The molecule has 0 amide bonds. The van der Waals surface area contributed by atoms with E-state index in [0.717, 1.165) is 52.4 Å². The average molecular weight is 330 g/mol. The van der Waals surface area contributed by atoms with Crippen molar-refractivity contribution in [2.45, 2.75) is 27.7 Å². The summed E-state index contributed by atoms with van der Waals surface area (Å²) >= 11 is 10.3. The predicted octanol–water partition coefficient (Wildman–Crippen LogP) is -1.19. The molecule has 0 spiro atoms. The minimum absolute atomic E-state index is 0. The van der Waals surface area contributed by atoms with Crippen LogP contribution < -0.4 is 51.4 Å². The first kappa shape index (κ1) is 22.9. The molecule has 0 aliphatic heterocycles. The molecule has 0 rings (SSSR count). The molecule has 3 nitrogen and oxygen atoms in total. The third-order valence-corrected chi connectivity index (χ3v) is 3.94. The van der Waals surface area contributed by atoms with Crippen molar-refractivity contribution in [3.05, 3.63) is 0 Å². The summed E-state index contributed by atoms with van der Waals surface area (Å²) in [6.45, 7) is 17.1. The molecule has 0 atom stereocenters. The molecule has 108 valence electrons. The van der Waals surface area contributed by atoms with Crippen molar-refractivity contribution >= 4 is 29.2 Å². The Labute approximate surface area is 173 Å². The molecule has 0 aliphatic carbocycles. The van der Waals surface area contributed by atoms with Crippen molar-refractivity contribution in [1.29, 1.82) is 0 Å². The molecule has 19 heavy (non-hydrogen) atoms. The van der Waals surface area contributed by atoms with Gasteiger partial charge < -0.3 is 39.5 Å². The molecule has 0 saturated carbocycles. The molecule has 0 unspecified atom stereocenters. The summed E-state index contributed by atoms with van der Waals surface area (Å²) in [6.07, 6.45) is 0. The molecule has 0 fully saturated rings. The largest absolute Gasteiger partial charge is 1.00 e. The van der Waals surface area contributed by atoms with Gasteiger partial charge in [0, 0.05) is 26.2 Å². The van der Waals surface area contributed by atoms with Crippen molar-refractivity contribution in [3.63, 3.8) is 0 Å². The maximum absolute atomic E-state index is 5.17. The Morgan fingerprint density at radius 1 is 0.789 bits per heavy atom. The van der Waals surface area contributed by atoms with Gasteiger partial charge in [0.25, 0.3) is 0 Å². The number of nitrogens with zero attached hydrogens (tertiary/aromatic N) is 3. The van der Waals surface area contributed by atoms with E-state index in [9.17, 15) is 0 Å². The average Bonchev–Trinajstić information content (AvgIpc) is 2.37. The topological polar surface area (TPSA) is 9.72 Å². The Morgan fingerprint density at radius 2 is 1.11 bits per heavy atom. The van der Waals surface area contributed by atoms with Crippen LogP contribution in [0, 0.1) is 0 Å². The number of hydrogen-bond donors (Lipinski definition) is 0. The van der Waals surface area contributed by atoms with E-state index in [0.29, 0.717) is 4.32 Å². The molecule has 0 aromatic heterocycles. The van der Waals surface area contributed by atoms with E-state index in [4.69, 9.17) is 24.8 Å².